The van der Waals surface area contributed by atoms with Crippen LogP contribution < -0.4 is 9.47 Å². The quantitative estimate of drug-likeness (QED) is 0.259. The summed E-state index contributed by atoms with van der Waals surface area (Å²) in [5, 5.41) is 9.02. The normalized spacial score (nSPS) is 10.6. The molecule has 0 aliphatic carbocycles. The zero-order valence-corrected chi connectivity index (χ0v) is 18.8. The SMILES string of the molecule is COc1ccc(-c2nnc(SCC(=O)c3ccc(F)cc3)nc2-c2ccc(OC)cc2)cc1. The van der Waals surface area contributed by atoms with E-state index in [4.69, 9.17) is 14.5 Å². The van der Waals surface area contributed by atoms with Gasteiger partial charge in [0.2, 0.25) is 5.16 Å². The van der Waals surface area contributed by atoms with Gasteiger partial charge >= 0.3 is 0 Å². The van der Waals surface area contributed by atoms with Gasteiger partial charge in [-0.3, -0.25) is 4.79 Å². The topological polar surface area (TPSA) is 74.2 Å². The van der Waals surface area contributed by atoms with Crippen LogP contribution in [0.1, 0.15) is 10.4 Å². The lowest BCUT2D eigenvalue weighted by molar-refractivity contribution is 0.102. The highest BCUT2D eigenvalue weighted by Crippen LogP contribution is 2.32. The standard InChI is InChI=1S/C25H20FN3O3S/c1-31-20-11-5-17(6-12-20)23-24(18-7-13-21(32-2)14-8-18)28-29-25(27-23)33-15-22(30)16-3-9-19(26)10-4-16/h3-14H,15H2,1-2H3. The molecular formula is C25H20FN3O3S. The van der Waals surface area contributed by atoms with Gasteiger partial charge in [0, 0.05) is 16.7 Å². The minimum atomic E-state index is -0.384. The second-order valence-electron chi connectivity index (χ2n) is 6.97. The lowest BCUT2D eigenvalue weighted by Crippen LogP contribution is -2.05. The number of thioether (sulfide) groups is 1. The Balaban J connectivity index is 1.64. The number of hydrogen-bond donors (Lipinski definition) is 0. The third-order valence-electron chi connectivity index (χ3n) is 4.89. The van der Waals surface area contributed by atoms with Gasteiger partial charge in [-0.05, 0) is 72.8 Å². The van der Waals surface area contributed by atoms with Crippen LogP contribution in [0.4, 0.5) is 4.39 Å². The Morgan fingerprint density at radius 3 is 1.88 bits per heavy atom. The van der Waals surface area contributed by atoms with E-state index in [0.29, 0.717) is 22.1 Å². The summed E-state index contributed by atoms with van der Waals surface area (Å²) in [5.74, 6) is 1.04. The van der Waals surface area contributed by atoms with Crippen molar-refractivity contribution in [2.45, 2.75) is 5.16 Å². The van der Waals surface area contributed by atoms with E-state index >= 15 is 0 Å². The molecule has 0 N–H and O–H groups in total. The highest BCUT2D eigenvalue weighted by atomic mass is 32.2. The molecule has 33 heavy (non-hydrogen) atoms. The van der Waals surface area contributed by atoms with Crippen LogP contribution in [0.15, 0.2) is 78.0 Å². The van der Waals surface area contributed by atoms with Crippen molar-refractivity contribution in [3.63, 3.8) is 0 Å². The Bertz CT molecular complexity index is 1250. The van der Waals surface area contributed by atoms with Crippen molar-refractivity contribution in [1.29, 1.82) is 0 Å². The molecule has 4 rings (SSSR count). The van der Waals surface area contributed by atoms with Crippen LogP contribution in [-0.4, -0.2) is 40.9 Å². The number of benzene rings is 3. The molecule has 4 aromatic rings. The minimum absolute atomic E-state index is 0.108. The largest absolute Gasteiger partial charge is 0.497 e. The van der Waals surface area contributed by atoms with Gasteiger partial charge in [-0.25, -0.2) is 9.37 Å². The Morgan fingerprint density at radius 1 is 0.788 bits per heavy atom. The fourth-order valence-corrected chi connectivity index (χ4v) is 3.80. The summed E-state index contributed by atoms with van der Waals surface area (Å²) in [6, 6.07) is 20.4. The van der Waals surface area contributed by atoms with Crippen molar-refractivity contribution < 1.29 is 18.7 Å². The summed E-state index contributed by atoms with van der Waals surface area (Å²) in [7, 11) is 3.22. The summed E-state index contributed by atoms with van der Waals surface area (Å²) in [5.41, 5.74) is 3.34. The van der Waals surface area contributed by atoms with Crippen molar-refractivity contribution >= 4 is 17.5 Å². The Hall–Kier alpha value is -3.78. The summed E-state index contributed by atoms with van der Waals surface area (Å²) in [6.45, 7) is 0. The molecule has 0 fully saturated rings. The molecule has 3 aromatic carbocycles. The van der Waals surface area contributed by atoms with Gasteiger partial charge in [-0.2, -0.15) is 0 Å². The van der Waals surface area contributed by atoms with Crippen LogP contribution in [0.25, 0.3) is 22.5 Å². The van der Waals surface area contributed by atoms with Crippen molar-refractivity contribution in [3.05, 3.63) is 84.2 Å². The number of ketones is 1. The second-order valence-corrected chi connectivity index (χ2v) is 7.91. The average Bonchev–Trinajstić information content (AvgIpc) is 2.87. The van der Waals surface area contributed by atoms with E-state index in [1.807, 2.05) is 48.5 Å². The maximum absolute atomic E-state index is 13.1. The van der Waals surface area contributed by atoms with Gasteiger partial charge in [0.1, 0.15) is 28.7 Å². The highest BCUT2D eigenvalue weighted by molar-refractivity contribution is 7.99. The maximum Gasteiger partial charge on any atom is 0.210 e. The molecule has 0 spiro atoms. The molecule has 0 bridgehead atoms. The van der Waals surface area contributed by atoms with E-state index in [1.165, 1.54) is 36.0 Å². The lowest BCUT2D eigenvalue weighted by atomic mass is 10.0. The van der Waals surface area contributed by atoms with E-state index in [9.17, 15) is 9.18 Å². The smallest absolute Gasteiger partial charge is 0.210 e. The average molecular weight is 462 g/mol. The molecule has 6 nitrogen and oxygen atoms in total. The fourth-order valence-electron chi connectivity index (χ4n) is 3.11. The number of ether oxygens (including phenoxy) is 2. The molecule has 0 saturated carbocycles. The van der Waals surface area contributed by atoms with Crippen molar-refractivity contribution in [1.82, 2.24) is 15.2 Å². The van der Waals surface area contributed by atoms with Crippen LogP contribution in [0, 0.1) is 5.82 Å². The number of halogens is 1. The molecule has 0 aliphatic heterocycles. The molecule has 0 radical (unpaired) electrons. The van der Waals surface area contributed by atoms with Gasteiger partial charge in [-0.15, -0.1) is 10.2 Å². The molecular weight excluding hydrogens is 441 g/mol. The van der Waals surface area contributed by atoms with Crippen molar-refractivity contribution in [3.8, 4) is 34.0 Å². The first-order chi connectivity index (χ1) is 16.1. The van der Waals surface area contributed by atoms with Gasteiger partial charge in [0.05, 0.1) is 20.0 Å². The van der Waals surface area contributed by atoms with Crippen LogP contribution in [0.2, 0.25) is 0 Å². The number of carbonyl (C=O) groups excluding carboxylic acids is 1. The van der Waals surface area contributed by atoms with Gasteiger partial charge in [0.25, 0.3) is 0 Å². The van der Waals surface area contributed by atoms with E-state index in [2.05, 4.69) is 10.2 Å². The summed E-state index contributed by atoms with van der Waals surface area (Å²) < 4.78 is 23.6. The molecule has 0 atom stereocenters. The second kappa shape index (κ2) is 10.2. The van der Waals surface area contributed by atoms with Crippen LogP contribution in [0.5, 0.6) is 11.5 Å². The molecule has 0 amide bonds. The minimum Gasteiger partial charge on any atom is -0.497 e. The van der Waals surface area contributed by atoms with Crippen LogP contribution in [0.3, 0.4) is 0 Å². The molecule has 0 unspecified atom stereocenters. The van der Waals surface area contributed by atoms with E-state index in [1.54, 1.807) is 14.2 Å². The molecule has 0 aliphatic rings. The molecule has 1 aromatic heterocycles. The van der Waals surface area contributed by atoms with Gasteiger partial charge in [-0.1, -0.05) is 11.8 Å². The first kappa shape index (κ1) is 22.4. The van der Waals surface area contributed by atoms with E-state index < -0.39 is 0 Å². The number of hydrogen-bond acceptors (Lipinski definition) is 7. The lowest BCUT2D eigenvalue weighted by Gasteiger charge is -2.10. The van der Waals surface area contributed by atoms with Gasteiger partial charge < -0.3 is 9.47 Å². The summed E-state index contributed by atoms with van der Waals surface area (Å²) >= 11 is 1.18. The maximum atomic E-state index is 13.1. The number of rotatable bonds is 8. The van der Waals surface area contributed by atoms with E-state index in [-0.39, 0.29) is 17.4 Å². The molecule has 166 valence electrons. The third-order valence-corrected chi connectivity index (χ3v) is 5.73. The predicted molar refractivity (Wildman–Crippen MR) is 125 cm³/mol. The van der Waals surface area contributed by atoms with Crippen molar-refractivity contribution in [2.75, 3.05) is 20.0 Å². The highest BCUT2D eigenvalue weighted by Gasteiger charge is 2.16. The number of nitrogens with zero attached hydrogens (tertiary/aromatic N) is 3. The zero-order chi connectivity index (χ0) is 23.2. The van der Waals surface area contributed by atoms with Crippen LogP contribution in [-0.2, 0) is 0 Å². The zero-order valence-electron chi connectivity index (χ0n) is 18.0. The number of Topliss-reactive ketones (excluding diaryl/α,β-unsaturated/α-hetero) is 1. The number of methoxy groups -OCH3 is 2. The Labute approximate surface area is 194 Å². The predicted octanol–water partition coefficient (Wildman–Crippen LogP) is 5.34. The summed E-state index contributed by atoms with van der Waals surface area (Å²) in [6.07, 6.45) is 0. The molecule has 8 heteroatoms. The third kappa shape index (κ3) is 5.35. The number of aromatic nitrogens is 3. The monoisotopic (exact) mass is 461 g/mol. The van der Waals surface area contributed by atoms with Crippen LogP contribution >= 0.6 is 11.8 Å². The molecule has 0 saturated heterocycles. The van der Waals surface area contributed by atoms with E-state index in [0.717, 1.165) is 22.6 Å². The first-order valence-electron chi connectivity index (χ1n) is 10.0. The Kier molecular flexibility index (Phi) is 6.95. The Morgan fingerprint density at radius 2 is 1.33 bits per heavy atom. The summed E-state index contributed by atoms with van der Waals surface area (Å²) in [4.78, 5) is 17.2. The first-order valence-corrected chi connectivity index (χ1v) is 11.0. The van der Waals surface area contributed by atoms with Crippen molar-refractivity contribution in [2.24, 2.45) is 0 Å². The number of carbonyl (C=O) groups is 1. The van der Waals surface area contributed by atoms with Gasteiger partial charge in [0.15, 0.2) is 5.78 Å². The fraction of sp³-hybridized carbons (Fsp3) is 0.120. The molecule has 1 heterocycles.